The molecule has 2 aromatic carbocycles. The number of benzene rings is 2. The highest BCUT2D eigenvalue weighted by Crippen LogP contribution is 2.23. The molecule has 3 aromatic rings. The van der Waals surface area contributed by atoms with Crippen molar-refractivity contribution in [3.05, 3.63) is 84.7 Å². The predicted molar refractivity (Wildman–Crippen MR) is 102 cm³/mol. The normalized spacial score (nSPS) is 10.4. The Bertz CT molecular complexity index is 798. The summed E-state index contributed by atoms with van der Waals surface area (Å²) in [6, 6.07) is 22.4. The Morgan fingerprint density at radius 3 is 2.16 bits per heavy atom. The second kappa shape index (κ2) is 8.25. The Labute approximate surface area is 149 Å². The van der Waals surface area contributed by atoms with Gasteiger partial charge in [-0.15, -0.1) is 0 Å². The summed E-state index contributed by atoms with van der Waals surface area (Å²) in [5.74, 6) is 0.145. The standard InChI is InChI=1S/C22H22N2O/c1-2-24(22(25)13-8-18-14-16-23-17-15-18)21-11-9-20(10-12-21)19-6-4-3-5-7-19/h3-7,9-12,14-17H,2,8,13H2,1H3. The van der Waals surface area contributed by atoms with Gasteiger partial charge in [0, 0.05) is 31.0 Å². The largest absolute Gasteiger partial charge is 0.313 e. The van der Waals surface area contributed by atoms with Crippen molar-refractivity contribution in [1.29, 1.82) is 0 Å². The lowest BCUT2D eigenvalue weighted by Gasteiger charge is -2.21. The maximum atomic E-state index is 12.6. The smallest absolute Gasteiger partial charge is 0.227 e. The summed E-state index contributed by atoms with van der Waals surface area (Å²) in [5, 5.41) is 0. The first-order valence-corrected chi connectivity index (χ1v) is 8.62. The molecule has 25 heavy (non-hydrogen) atoms. The molecule has 0 spiro atoms. The van der Waals surface area contributed by atoms with Crippen molar-refractivity contribution >= 4 is 11.6 Å². The lowest BCUT2D eigenvalue weighted by molar-refractivity contribution is -0.118. The number of rotatable bonds is 6. The lowest BCUT2D eigenvalue weighted by atomic mass is 10.1. The van der Waals surface area contributed by atoms with E-state index >= 15 is 0 Å². The van der Waals surface area contributed by atoms with E-state index in [1.54, 1.807) is 12.4 Å². The molecule has 0 saturated carbocycles. The summed E-state index contributed by atoms with van der Waals surface area (Å²) in [4.78, 5) is 18.5. The minimum atomic E-state index is 0.145. The van der Waals surface area contributed by atoms with Gasteiger partial charge in [0.1, 0.15) is 0 Å². The van der Waals surface area contributed by atoms with Gasteiger partial charge < -0.3 is 4.90 Å². The van der Waals surface area contributed by atoms with Gasteiger partial charge in [0.05, 0.1) is 0 Å². The third-order valence-electron chi connectivity index (χ3n) is 4.28. The van der Waals surface area contributed by atoms with Crippen LogP contribution in [0.15, 0.2) is 79.1 Å². The van der Waals surface area contributed by atoms with Gasteiger partial charge in [-0.2, -0.15) is 0 Å². The van der Waals surface area contributed by atoms with Crippen molar-refractivity contribution in [1.82, 2.24) is 4.98 Å². The molecule has 0 atom stereocenters. The van der Waals surface area contributed by atoms with E-state index in [1.165, 1.54) is 5.56 Å². The van der Waals surface area contributed by atoms with Gasteiger partial charge in [-0.3, -0.25) is 9.78 Å². The fraction of sp³-hybridized carbons (Fsp3) is 0.182. The number of nitrogens with zero attached hydrogens (tertiary/aromatic N) is 2. The van der Waals surface area contributed by atoms with E-state index < -0.39 is 0 Å². The van der Waals surface area contributed by atoms with E-state index in [0.29, 0.717) is 13.0 Å². The van der Waals surface area contributed by atoms with Gasteiger partial charge >= 0.3 is 0 Å². The number of carbonyl (C=O) groups is 1. The summed E-state index contributed by atoms with van der Waals surface area (Å²) < 4.78 is 0. The molecule has 0 aliphatic heterocycles. The predicted octanol–water partition coefficient (Wildman–Crippen LogP) is 4.73. The Balaban J connectivity index is 1.69. The summed E-state index contributed by atoms with van der Waals surface area (Å²) in [6.45, 7) is 2.68. The Morgan fingerprint density at radius 2 is 1.52 bits per heavy atom. The molecule has 3 nitrogen and oxygen atoms in total. The number of aryl methyl sites for hydroxylation is 1. The molecule has 0 radical (unpaired) electrons. The number of amides is 1. The van der Waals surface area contributed by atoms with Gasteiger partial charge in [0.15, 0.2) is 0 Å². The zero-order chi connectivity index (χ0) is 17.5. The first kappa shape index (κ1) is 16.9. The third kappa shape index (κ3) is 4.32. The quantitative estimate of drug-likeness (QED) is 0.654. The summed E-state index contributed by atoms with van der Waals surface area (Å²) in [6.07, 6.45) is 4.76. The van der Waals surface area contributed by atoms with Crippen LogP contribution in [0.4, 0.5) is 5.69 Å². The Hall–Kier alpha value is -2.94. The van der Waals surface area contributed by atoms with E-state index in [0.717, 1.165) is 23.2 Å². The van der Waals surface area contributed by atoms with Crippen LogP contribution in [0.3, 0.4) is 0 Å². The summed E-state index contributed by atoms with van der Waals surface area (Å²) >= 11 is 0. The van der Waals surface area contributed by atoms with Crippen LogP contribution in [0, 0.1) is 0 Å². The summed E-state index contributed by atoms with van der Waals surface area (Å²) in [7, 11) is 0. The monoisotopic (exact) mass is 330 g/mol. The molecule has 1 heterocycles. The molecule has 0 unspecified atom stereocenters. The molecule has 0 N–H and O–H groups in total. The second-order valence-electron chi connectivity index (χ2n) is 5.91. The number of hydrogen-bond acceptors (Lipinski definition) is 2. The minimum absolute atomic E-state index is 0.145. The van der Waals surface area contributed by atoms with Crippen molar-refractivity contribution in [2.24, 2.45) is 0 Å². The van der Waals surface area contributed by atoms with E-state index in [-0.39, 0.29) is 5.91 Å². The molecular weight excluding hydrogens is 308 g/mol. The highest BCUT2D eigenvalue weighted by Gasteiger charge is 2.14. The Morgan fingerprint density at radius 1 is 0.880 bits per heavy atom. The highest BCUT2D eigenvalue weighted by atomic mass is 16.2. The lowest BCUT2D eigenvalue weighted by Crippen LogP contribution is -2.30. The average molecular weight is 330 g/mol. The molecule has 0 aliphatic carbocycles. The molecule has 3 rings (SSSR count). The Kier molecular flexibility index (Phi) is 5.57. The number of carbonyl (C=O) groups excluding carboxylic acids is 1. The van der Waals surface area contributed by atoms with Crippen LogP contribution in [0.5, 0.6) is 0 Å². The van der Waals surface area contributed by atoms with E-state index in [9.17, 15) is 4.79 Å². The van der Waals surface area contributed by atoms with Crippen LogP contribution in [-0.4, -0.2) is 17.4 Å². The minimum Gasteiger partial charge on any atom is -0.313 e. The molecule has 0 bridgehead atoms. The van der Waals surface area contributed by atoms with Crippen molar-refractivity contribution < 1.29 is 4.79 Å². The van der Waals surface area contributed by atoms with Gasteiger partial charge in [0.25, 0.3) is 0 Å². The van der Waals surface area contributed by atoms with Crippen LogP contribution >= 0.6 is 0 Å². The third-order valence-corrected chi connectivity index (χ3v) is 4.28. The summed E-state index contributed by atoms with van der Waals surface area (Å²) in [5.41, 5.74) is 4.42. The van der Waals surface area contributed by atoms with Crippen molar-refractivity contribution in [2.45, 2.75) is 19.8 Å². The first-order valence-electron chi connectivity index (χ1n) is 8.62. The zero-order valence-electron chi connectivity index (χ0n) is 14.4. The molecule has 126 valence electrons. The zero-order valence-corrected chi connectivity index (χ0v) is 14.4. The molecule has 1 aromatic heterocycles. The van der Waals surface area contributed by atoms with Crippen LogP contribution in [0.25, 0.3) is 11.1 Å². The number of anilines is 1. The number of pyridine rings is 1. The fourth-order valence-corrected chi connectivity index (χ4v) is 2.90. The number of hydrogen-bond donors (Lipinski definition) is 0. The molecule has 1 amide bonds. The van der Waals surface area contributed by atoms with E-state index in [2.05, 4.69) is 29.2 Å². The van der Waals surface area contributed by atoms with Crippen LogP contribution < -0.4 is 4.90 Å². The van der Waals surface area contributed by atoms with Crippen LogP contribution in [-0.2, 0) is 11.2 Å². The highest BCUT2D eigenvalue weighted by molar-refractivity contribution is 5.93. The first-order chi connectivity index (χ1) is 12.3. The maximum absolute atomic E-state index is 12.6. The molecule has 0 saturated heterocycles. The maximum Gasteiger partial charge on any atom is 0.227 e. The molecular formula is C22H22N2O. The van der Waals surface area contributed by atoms with Crippen molar-refractivity contribution in [2.75, 3.05) is 11.4 Å². The molecule has 0 aliphatic rings. The van der Waals surface area contributed by atoms with Gasteiger partial charge in [-0.05, 0) is 54.3 Å². The van der Waals surface area contributed by atoms with Gasteiger partial charge in [-0.1, -0.05) is 42.5 Å². The molecule has 3 heteroatoms. The van der Waals surface area contributed by atoms with E-state index in [1.807, 2.05) is 54.3 Å². The molecule has 0 fully saturated rings. The number of aromatic nitrogens is 1. The van der Waals surface area contributed by atoms with Crippen LogP contribution in [0.2, 0.25) is 0 Å². The average Bonchev–Trinajstić information content (AvgIpc) is 2.69. The SMILES string of the molecule is CCN(C(=O)CCc1ccncc1)c1ccc(-c2ccccc2)cc1. The van der Waals surface area contributed by atoms with Gasteiger partial charge in [0.2, 0.25) is 5.91 Å². The van der Waals surface area contributed by atoms with Gasteiger partial charge in [-0.25, -0.2) is 0 Å². The second-order valence-corrected chi connectivity index (χ2v) is 5.91. The fourth-order valence-electron chi connectivity index (χ4n) is 2.90. The van der Waals surface area contributed by atoms with Crippen LogP contribution in [0.1, 0.15) is 18.9 Å². The van der Waals surface area contributed by atoms with Crippen molar-refractivity contribution in [3.8, 4) is 11.1 Å². The topological polar surface area (TPSA) is 33.2 Å². The van der Waals surface area contributed by atoms with E-state index in [4.69, 9.17) is 0 Å². The van der Waals surface area contributed by atoms with Crippen molar-refractivity contribution in [3.63, 3.8) is 0 Å².